The van der Waals surface area contributed by atoms with Gasteiger partial charge in [-0.25, -0.2) is 18.1 Å². The number of sulfonamides is 1. The summed E-state index contributed by atoms with van der Waals surface area (Å²) in [6.45, 7) is 2.83. The minimum atomic E-state index is -3.18. The van der Waals surface area contributed by atoms with Crippen LogP contribution in [0.5, 0.6) is 0 Å². The SMILES string of the molecule is O=S(=O)(CC1CCOCC1)NC[C@@H]1CCn2ccnc2C1. The molecule has 0 unspecified atom stereocenters. The topological polar surface area (TPSA) is 73.2 Å². The Labute approximate surface area is 125 Å². The summed E-state index contributed by atoms with van der Waals surface area (Å²) >= 11 is 0. The summed E-state index contributed by atoms with van der Waals surface area (Å²) in [6, 6.07) is 0. The predicted octanol–water partition coefficient (Wildman–Crippen LogP) is 0.791. The molecule has 3 heterocycles. The van der Waals surface area contributed by atoms with Gasteiger partial charge in [0.2, 0.25) is 10.0 Å². The van der Waals surface area contributed by atoms with Crippen molar-refractivity contribution in [2.45, 2.75) is 32.2 Å². The lowest BCUT2D eigenvalue weighted by molar-refractivity contribution is 0.0723. The molecule has 118 valence electrons. The highest BCUT2D eigenvalue weighted by Gasteiger charge is 2.24. The summed E-state index contributed by atoms with van der Waals surface area (Å²) < 4.78 is 34.5. The molecule has 2 aliphatic heterocycles. The van der Waals surface area contributed by atoms with Crippen LogP contribution in [-0.4, -0.2) is 43.5 Å². The summed E-state index contributed by atoms with van der Waals surface area (Å²) in [4.78, 5) is 4.32. The van der Waals surface area contributed by atoms with Crippen molar-refractivity contribution in [2.24, 2.45) is 11.8 Å². The van der Waals surface area contributed by atoms with Crippen LogP contribution in [0, 0.1) is 11.8 Å². The molecule has 1 aromatic heterocycles. The Bertz CT molecular complexity index is 564. The second-order valence-corrected chi connectivity index (χ2v) is 7.93. The van der Waals surface area contributed by atoms with Gasteiger partial charge in [-0.3, -0.25) is 0 Å². The third-order valence-electron chi connectivity index (χ3n) is 4.44. The minimum Gasteiger partial charge on any atom is -0.381 e. The Morgan fingerprint density at radius 2 is 2.10 bits per heavy atom. The molecule has 1 N–H and O–H groups in total. The van der Waals surface area contributed by atoms with Gasteiger partial charge in [-0.15, -0.1) is 0 Å². The fourth-order valence-corrected chi connectivity index (χ4v) is 4.68. The van der Waals surface area contributed by atoms with E-state index in [0.29, 0.717) is 25.7 Å². The molecule has 1 atom stereocenters. The molecule has 1 fully saturated rings. The first-order chi connectivity index (χ1) is 10.1. The average molecular weight is 313 g/mol. The molecule has 7 heteroatoms. The third kappa shape index (κ3) is 4.05. The lowest BCUT2D eigenvalue weighted by Gasteiger charge is -2.25. The zero-order valence-electron chi connectivity index (χ0n) is 12.2. The fraction of sp³-hybridized carbons (Fsp3) is 0.786. The molecule has 0 bridgehead atoms. The van der Waals surface area contributed by atoms with Gasteiger partial charge < -0.3 is 9.30 Å². The van der Waals surface area contributed by atoms with E-state index in [-0.39, 0.29) is 11.7 Å². The Hall–Kier alpha value is -0.920. The van der Waals surface area contributed by atoms with Gasteiger partial charge in [0.1, 0.15) is 5.82 Å². The second kappa shape index (κ2) is 6.46. The standard InChI is InChI=1S/C14H23N3O3S/c18-21(19,11-12-2-7-20-8-3-12)16-10-13-1-5-17-6-4-15-14(17)9-13/h4,6,12-13,16H,1-3,5,7-11H2/t13-/m1/s1. The molecule has 21 heavy (non-hydrogen) atoms. The number of nitrogens with zero attached hydrogens (tertiary/aromatic N) is 2. The van der Waals surface area contributed by atoms with E-state index in [4.69, 9.17) is 4.74 Å². The highest BCUT2D eigenvalue weighted by molar-refractivity contribution is 7.89. The van der Waals surface area contributed by atoms with Crippen molar-refractivity contribution >= 4 is 10.0 Å². The first-order valence-corrected chi connectivity index (χ1v) is 9.33. The lowest BCUT2D eigenvalue weighted by Crippen LogP contribution is -2.37. The highest BCUT2D eigenvalue weighted by Crippen LogP contribution is 2.19. The van der Waals surface area contributed by atoms with E-state index in [1.807, 2.05) is 12.4 Å². The molecule has 3 rings (SSSR count). The summed E-state index contributed by atoms with van der Waals surface area (Å²) in [5.74, 6) is 1.89. The fourth-order valence-electron chi connectivity index (χ4n) is 3.12. The van der Waals surface area contributed by atoms with Crippen LogP contribution in [0.3, 0.4) is 0 Å². The maximum atomic E-state index is 12.2. The van der Waals surface area contributed by atoms with E-state index in [2.05, 4.69) is 14.3 Å². The summed E-state index contributed by atoms with van der Waals surface area (Å²) in [5.41, 5.74) is 0. The third-order valence-corrected chi connectivity index (χ3v) is 5.96. The van der Waals surface area contributed by atoms with Gasteiger partial charge in [0, 0.05) is 45.1 Å². The van der Waals surface area contributed by atoms with E-state index in [1.165, 1.54) is 0 Å². The quantitative estimate of drug-likeness (QED) is 0.872. The van der Waals surface area contributed by atoms with Crippen molar-refractivity contribution in [1.82, 2.24) is 14.3 Å². The van der Waals surface area contributed by atoms with Crippen LogP contribution >= 0.6 is 0 Å². The number of hydrogen-bond donors (Lipinski definition) is 1. The molecule has 2 aliphatic rings. The summed E-state index contributed by atoms with van der Waals surface area (Å²) in [7, 11) is -3.18. The van der Waals surface area contributed by atoms with Crippen molar-refractivity contribution in [3.05, 3.63) is 18.2 Å². The maximum absolute atomic E-state index is 12.2. The number of rotatable bonds is 5. The second-order valence-electron chi connectivity index (χ2n) is 6.08. The van der Waals surface area contributed by atoms with Crippen LogP contribution in [-0.2, 0) is 27.7 Å². The number of imidazole rings is 1. The molecule has 0 spiro atoms. The van der Waals surface area contributed by atoms with Crippen molar-refractivity contribution in [3.8, 4) is 0 Å². The van der Waals surface area contributed by atoms with Crippen LogP contribution < -0.4 is 4.72 Å². The monoisotopic (exact) mass is 313 g/mol. The average Bonchev–Trinajstić information content (AvgIpc) is 2.93. The minimum absolute atomic E-state index is 0.234. The number of fused-ring (bicyclic) bond motifs is 1. The number of ether oxygens (including phenoxy) is 1. The van der Waals surface area contributed by atoms with Crippen LogP contribution in [0.15, 0.2) is 12.4 Å². The van der Waals surface area contributed by atoms with Crippen molar-refractivity contribution in [2.75, 3.05) is 25.5 Å². The summed E-state index contributed by atoms with van der Waals surface area (Å²) in [6.07, 6.45) is 7.35. The number of aryl methyl sites for hydroxylation is 1. The molecule has 0 saturated carbocycles. The molecule has 1 saturated heterocycles. The van der Waals surface area contributed by atoms with Gasteiger partial charge in [-0.2, -0.15) is 0 Å². The van der Waals surface area contributed by atoms with E-state index >= 15 is 0 Å². The molecule has 6 nitrogen and oxygen atoms in total. The molecule has 0 radical (unpaired) electrons. The van der Waals surface area contributed by atoms with Gasteiger partial charge in [0.15, 0.2) is 0 Å². The van der Waals surface area contributed by atoms with E-state index in [1.54, 1.807) is 0 Å². The molecule has 0 aromatic carbocycles. The normalized spacial score (nSPS) is 23.9. The van der Waals surface area contributed by atoms with E-state index < -0.39 is 10.0 Å². The maximum Gasteiger partial charge on any atom is 0.211 e. The highest BCUT2D eigenvalue weighted by atomic mass is 32.2. The molecule has 0 amide bonds. The largest absolute Gasteiger partial charge is 0.381 e. The van der Waals surface area contributed by atoms with Gasteiger partial charge in [-0.1, -0.05) is 0 Å². The first kappa shape index (κ1) is 15.0. The Balaban J connectivity index is 1.48. The van der Waals surface area contributed by atoms with Crippen molar-refractivity contribution < 1.29 is 13.2 Å². The molecule has 1 aromatic rings. The van der Waals surface area contributed by atoms with Gasteiger partial charge in [0.25, 0.3) is 0 Å². The Morgan fingerprint density at radius 1 is 1.29 bits per heavy atom. The van der Waals surface area contributed by atoms with Crippen LogP contribution in [0.1, 0.15) is 25.1 Å². The smallest absolute Gasteiger partial charge is 0.211 e. The number of hydrogen-bond acceptors (Lipinski definition) is 4. The van der Waals surface area contributed by atoms with Crippen LogP contribution in [0.4, 0.5) is 0 Å². The molecular formula is C14H23N3O3S. The molecule has 0 aliphatic carbocycles. The first-order valence-electron chi connectivity index (χ1n) is 7.67. The molecular weight excluding hydrogens is 290 g/mol. The van der Waals surface area contributed by atoms with Crippen LogP contribution in [0.25, 0.3) is 0 Å². The Morgan fingerprint density at radius 3 is 2.90 bits per heavy atom. The van der Waals surface area contributed by atoms with E-state index in [0.717, 1.165) is 38.1 Å². The van der Waals surface area contributed by atoms with E-state index in [9.17, 15) is 8.42 Å². The zero-order valence-corrected chi connectivity index (χ0v) is 13.0. The van der Waals surface area contributed by atoms with Gasteiger partial charge >= 0.3 is 0 Å². The number of nitrogens with one attached hydrogen (secondary N) is 1. The Kier molecular flexibility index (Phi) is 4.61. The van der Waals surface area contributed by atoms with Crippen molar-refractivity contribution in [1.29, 1.82) is 0 Å². The van der Waals surface area contributed by atoms with Crippen molar-refractivity contribution in [3.63, 3.8) is 0 Å². The van der Waals surface area contributed by atoms with Gasteiger partial charge in [0.05, 0.1) is 5.75 Å². The predicted molar refractivity (Wildman–Crippen MR) is 79.4 cm³/mol. The summed E-state index contributed by atoms with van der Waals surface area (Å²) in [5, 5.41) is 0. The lowest BCUT2D eigenvalue weighted by atomic mass is 9.98. The van der Waals surface area contributed by atoms with Gasteiger partial charge in [-0.05, 0) is 31.1 Å². The number of aromatic nitrogens is 2. The van der Waals surface area contributed by atoms with Crippen LogP contribution in [0.2, 0.25) is 0 Å². The zero-order chi connectivity index (χ0) is 14.7.